The van der Waals surface area contributed by atoms with Crippen LogP contribution in [-0.2, 0) is 16.0 Å². The second-order valence-corrected chi connectivity index (χ2v) is 5.29. The van der Waals surface area contributed by atoms with E-state index >= 15 is 0 Å². The Morgan fingerprint density at radius 2 is 1.95 bits per heavy atom. The van der Waals surface area contributed by atoms with Crippen molar-refractivity contribution in [2.45, 2.75) is 26.7 Å². The molecule has 116 valence electrons. The summed E-state index contributed by atoms with van der Waals surface area (Å²) >= 11 is 0. The molecule has 0 saturated carbocycles. The van der Waals surface area contributed by atoms with Crippen molar-refractivity contribution in [3.8, 4) is 0 Å². The van der Waals surface area contributed by atoms with Crippen LogP contribution in [0.2, 0.25) is 0 Å². The Bertz CT molecular complexity index is 518. The normalized spacial score (nSPS) is 10.7. The van der Waals surface area contributed by atoms with Gasteiger partial charge in [0.2, 0.25) is 5.91 Å². The molecule has 4 nitrogen and oxygen atoms in total. The molecule has 0 atom stereocenters. The second kappa shape index (κ2) is 7.71. The zero-order chi connectivity index (χ0) is 16.0. The lowest BCUT2D eigenvalue weighted by molar-refractivity contribution is -0.138. The fraction of sp³-hybridized carbons (Fsp3) is 0.467. The molecule has 0 radical (unpaired) electrons. The largest absolute Gasteiger partial charge is 0.481 e. The van der Waals surface area contributed by atoms with Crippen LogP contribution in [0.5, 0.6) is 0 Å². The Hall–Kier alpha value is -1.98. The van der Waals surface area contributed by atoms with E-state index in [4.69, 9.17) is 5.11 Å². The first-order valence-electron chi connectivity index (χ1n) is 6.73. The van der Waals surface area contributed by atoms with Gasteiger partial charge >= 0.3 is 5.97 Å². The van der Waals surface area contributed by atoms with Gasteiger partial charge in [-0.05, 0) is 24.1 Å². The van der Waals surface area contributed by atoms with Crippen LogP contribution in [0.25, 0.3) is 0 Å². The highest BCUT2D eigenvalue weighted by molar-refractivity contribution is 5.79. The van der Waals surface area contributed by atoms with Gasteiger partial charge in [-0.15, -0.1) is 0 Å². The third-order valence-corrected chi connectivity index (χ3v) is 2.88. The maximum absolute atomic E-state index is 13.5. The number of hydrogen-bond donors (Lipinski definition) is 1. The van der Waals surface area contributed by atoms with Crippen molar-refractivity contribution in [2.75, 3.05) is 13.1 Å². The Balaban J connectivity index is 2.79. The average Bonchev–Trinajstić information content (AvgIpc) is 2.38. The van der Waals surface area contributed by atoms with E-state index in [0.717, 1.165) is 18.2 Å². The molecule has 1 amide bonds. The van der Waals surface area contributed by atoms with E-state index in [1.165, 1.54) is 4.90 Å². The predicted molar refractivity (Wildman–Crippen MR) is 73.7 cm³/mol. The number of rotatable bonds is 7. The summed E-state index contributed by atoms with van der Waals surface area (Å²) in [6.07, 6.45) is -0.458. The Labute approximate surface area is 122 Å². The van der Waals surface area contributed by atoms with Crippen molar-refractivity contribution in [1.29, 1.82) is 0 Å². The SMILES string of the molecule is CC(C)CN(CCC(=O)O)C(=O)Cc1cc(F)ccc1F. The van der Waals surface area contributed by atoms with Gasteiger partial charge < -0.3 is 10.0 Å². The molecule has 0 aliphatic carbocycles. The van der Waals surface area contributed by atoms with E-state index in [1.54, 1.807) is 0 Å². The predicted octanol–water partition coefficient (Wildman–Crippen LogP) is 2.47. The number of hydrogen-bond acceptors (Lipinski definition) is 2. The van der Waals surface area contributed by atoms with Crippen molar-refractivity contribution in [3.63, 3.8) is 0 Å². The molecule has 0 aliphatic heterocycles. The van der Waals surface area contributed by atoms with Gasteiger partial charge in [0.1, 0.15) is 11.6 Å². The van der Waals surface area contributed by atoms with Gasteiger partial charge in [-0.25, -0.2) is 8.78 Å². The van der Waals surface area contributed by atoms with Crippen LogP contribution in [-0.4, -0.2) is 35.0 Å². The molecular weight excluding hydrogens is 280 g/mol. The van der Waals surface area contributed by atoms with Crippen molar-refractivity contribution in [3.05, 3.63) is 35.4 Å². The van der Waals surface area contributed by atoms with E-state index in [1.807, 2.05) is 13.8 Å². The molecule has 21 heavy (non-hydrogen) atoms. The smallest absolute Gasteiger partial charge is 0.305 e. The van der Waals surface area contributed by atoms with Gasteiger partial charge in [-0.3, -0.25) is 9.59 Å². The summed E-state index contributed by atoms with van der Waals surface area (Å²) < 4.78 is 26.6. The summed E-state index contributed by atoms with van der Waals surface area (Å²) in [7, 11) is 0. The Kier molecular flexibility index (Phi) is 6.27. The molecule has 0 aliphatic rings. The number of aliphatic carboxylic acids is 1. The molecule has 0 aromatic heterocycles. The van der Waals surface area contributed by atoms with Crippen LogP contribution in [0.1, 0.15) is 25.8 Å². The number of carboxylic acid groups (broad SMARTS) is 1. The molecule has 0 saturated heterocycles. The number of carbonyl (C=O) groups is 2. The van der Waals surface area contributed by atoms with Crippen LogP contribution < -0.4 is 0 Å². The van der Waals surface area contributed by atoms with Crippen LogP contribution in [0, 0.1) is 17.6 Å². The minimum Gasteiger partial charge on any atom is -0.481 e. The second-order valence-electron chi connectivity index (χ2n) is 5.29. The number of benzene rings is 1. The van der Waals surface area contributed by atoms with Gasteiger partial charge in [-0.2, -0.15) is 0 Å². The first kappa shape index (κ1) is 17.1. The molecule has 0 bridgehead atoms. The number of carboxylic acids is 1. The molecule has 0 fully saturated rings. The number of amides is 1. The highest BCUT2D eigenvalue weighted by Gasteiger charge is 2.18. The van der Waals surface area contributed by atoms with E-state index in [-0.39, 0.29) is 30.9 Å². The van der Waals surface area contributed by atoms with Crippen LogP contribution in [0.15, 0.2) is 18.2 Å². The van der Waals surface area contributed by atoms with Crippen molar-refractivity contribution in [1.82, 2.24) is 4.90 Å². The number of halogens is 2. The van der Waals surface area contributed by atoms with E-state index in [0.29, 0.717) is 6.54 Å². The van der Waals surface area contributed by atoms with Crippen molar-refractivity contribution >= 4 is 11.9 Å². The monoisotopic (exact) mass is 299 g/mol. The quantitative estimate of drug-likeness (QED) is 0.841. The fourth-order valence-electron chi connectivity index (χ4n) is 1.94. The van der Waals surface area contributed by atoms with Crippen LogP contribution in [0.4, 0.5) is 8.78 Å². The van der Waals surface area contributed by atoms with E-state index in [2.05, 4.69) is 0 Å². The molecule has 0 heterocycles. The maximum atomic E-state index is 13.5. The van der Waals surface area contributed by atoms with Gasteiger partial charge in [0.25, 0.3) is 0 Å². The molecule has 0 spiro atoms. The summed E-state index contributed by atoms with van der Waals surface area (Å²) in [5, 5.41) is 8.70. The van der Waals surface area contributed by atoms with Gasteiger partial charge in [-0.1, -0.05) is 13.8 Å². The fourth-order valence-corrected chi connectivity index (χ4v) is 1.94. The zero-order valence-electron chi connectivity index (χ0n) is 12.1. The summed E-state index contributed by atoms with van der Waals surface area (Å²) in [5.74, 6) is -2.52. The van der Waals surface area contributed by atoms with Gasteiger partial charge in [0.15, 0.2) is 0 Å². The molecule has 1 N–H and O–H groups in total. The van der Waals surface area contributed by atoms with E-state index in [9.17, 15) is 18.4 Å². The van der Waals surface area contributed by atoms with E-state index < -0.39 is 23.5 Å². The summed E-state index contributed by atoms with van der Waals surface area (Å²) in [5.41, 5.74) is -0.0240. The van der Waals surface area contributed by atoms with Crippen molar-refractivity contribution in [2.24, 2.45) is 5.92 Å². The lowest BCUT2D eigenvalue weighted by Gasteiger charge is -2.24. The molecule has 0 unspecified atom stereocenters. The lowest BCUT2D eigenvalue weighted by Crippen LogP contribution is -2.37. The first-order chi connectivity index (χ1) is 9.79. The number of carbonyl (C=O) groups excluding carboxylic acids is 1. The molecule has 1 rings (SSSR count). The summed E-state index contributed by atoms with van der Waals surface area (Å²) in [6, 6.07) is 2.94. The Morgan fingerprint density at radius 1 is 1.29 bits per heavy atom. The van der Waals surface area contributed by atoms with Crippen LogP contribution in [0.3, 0.4) is 0 Å². The minimum absolute atomic E-state index is 0.0240. The first-order valence-corrected chi connectivity index (χ1v) is 6.73. The third-order valence-electron chi connectivity index (χ3n) is 2.88. The molecule has 6 heteroatoms. The van der Waals surface area contributed by atoms with Gasteiger partial charge in [0, 0.05) is 18.7 Å². The Morgan fingerprint density at radius 3 is 2.52 bits per heavy atom. The zero-order valence-corrected chi connectivity index (χ0v) is 12.1. The van der Waals surface area contributed by atoms with Gasteiger partial charge in [0.05, 0.1) is 12.8 Å². The summed E-state index contributed by atoms with van der Waals surface area (Å²) in [4.78, 5) is 24.2. The third kappa shape index (κ3) is 5.89. The minimum atomic E-state index is -1.01. The standard InChI is InChI=1S/C15H19F2NO3/c1-10(2)9-18(6-5-15(20)21)14(19)8-11-7-12(16)3-4-13(11)17/h3-4,7,10H,5-6,8-9H2,1-2H3,(H,20,21). The highest BCUT2D eigenvalue weighted by atomic mass is 19.1. The highest BCUT2D eigenvalue weighted by Crippen LogP contribution is 2.12. The molecular formula is C15H19F2NO3. The summed E-state index contributed by atoms with van der Waals surface area (Å²) in [6.45, 7) is 4.22. The molecule has 1 aromatic carbocycles. The molecule has 1 aromatic rings. The van der Waals surface area contributed by atoms with Crippen LogP contribution >= 0.6 is 0 Å². The maximum Gasteiger partial charge on any atom is 0.305 e. The average molecular weight is 299 g/mol. The topological polar surface area (TPSA) is 57.6 Å². The lowest BCUT2D eigenvalue weighted by atomic mass is 10.1. The van der Waals surface area contributed by atoms with Crippen molar-refractivity contribution < 1.29 is 23.5 Å². The number of nitrogens with zero attached hydrogens (tertiary/aromatic N) is 1.